The first-order valence-electron chi connectivity index (χ1n) is 5.95. The van der Waals surface area contributed by atoms with E-state index in [1.54, 1.807) is 12.1 Å². The number of carboxylic acid groups (broad SMARTS) is 1. The zero-order chi connectivity index (χ0) is 13.8. The highest BCUT2D eigenvalue weighted by Crippen LogP contribution is 2.23. The molecule has 0 fully saturated rings. The second-order valence-electron chi connectivity index (χ2n) is 4.39. The Balaban J connectivity index is 2.00. The van der Waals surface area contributed by atoms with Crippen LogP contribution in [0.25, 0.3) is 0 Å². The van der Waals surface area contributed by atoms with Crippen LogP contribution >= 0.6 is 0 Å². The number of carbonyl (C=O) groups is 3. The monoisotopic (exact) mass is 262 g/mol. The van der Waals surface area contributed by atoms with Gasteiger partial charge in [-0.3, -0.25) is 14.4 Å². The lowest BCUT2D eigenvalue weighted by Crippen LogP contribution is -2.30. The van der Waals surface area contributed by atoms with Gasteiger partial charge in [-0.25, -0.2) is 0 Å². The molecule has 1 aromatic rings. The smallest absolute Gasteiger partial charge is 0.322 e. The molecule has 0 radical (unpaired) electrons. The first-order valence-corrected chi connectivity index (χ1v) is 5.95. The van der Waals surface area contributed by atoms with Crippen molar-refractivity contribution in [1.29, 1.82) is 0 Å². The molecule has 1 aliphatic rings. The summed E-state index contributed by atoms with van der Waals surface area (Å²) in [6.45, 7) is -0.375. The van der Waals surface area contributed by atoms with E-state index in [4.69, 9.17) is 5.11 Å². The fourth-order valence-corrected chi connectivity index (χ4v) is 1.97. The number of carboxylic acids is 1. The Morgan fingerprint density at radius 3 is 2.84 bits per heavy atom. The molecule has 0 aromatic heterocycles. The molecule has 3 N–H and O–H groups in total. The predicted octanol–water partition coefficient (Wildman–Crippen LogP) is 0.315. The first kappa shape index (κ1) is 13.1. The zero-order valence-corrected chi connectivity index (χ0v) is 10.2. The van der Waals surface area contributed by atoms with Gasteiger partial charge in [-0.15, -0.1) is 0 Å². The van der Waals surface area contributed by atoms with Crippen LogP contribution in [0.2, 0.25) is 0 Å². The van der Waals surface area contributed by atoms with E-state index < -0.39 is 5.97 Å². The summed E-state index contributed by atoms with van der Waals surface area (Å²) in [5, 5.41) is 13.5. The molecule has 0 saturated carbocycles. The van der Waals surface area contributed by atoms with E-state index >= 15 is 0 Å². The minimum Gasteiger partial charge on any atom is -0.480 e. The summed E-state index contributed by atoms with van der Waals surface area (Å²) in [6.07, 6.45) is 1.24. The summed E-state index contributed by atoms with van der Waals surface area (Å²) < 4.78 is 0. The summed E-state index contributed by atoms with van der Waals surface area (Å²) in [7, 11) is 0. The molecule has 2 amide bonds. The largest absolute Gasteiger partial charge is 0.480 e. The van der Waals surface area contributed by atoms with E-state index in [0.29, 0.717) is 12.8 Å². The Hall–Kier alpha value is -2.37. The molecule has 1 heterocycles. The van der Waals surface area contributed by atoms with Gasteiger partial charge in [-0.2, -0.15) is 0 Å². The average Bonchev–Trinajstić information content (AvgIpc) is 2.36. The van der Waals surface area contributed by atoms with E-state index in [-0.39, 0.29) is 24.8 Å². The first-order chi connectivity index (χ1) is 9.04. The highest BCUT2D eigenvalue weighted by atomic mass is 16.4. The summed E-state index contributed by atoms with van der Waals surface area (Å²) in [6, 6.07) is 5.39. The number of benzene rings is 1. The van der Waals surface area contributed by atoms with Crippen molar-refractivity contribution < 1.29 is 19.5 Å². The summed E-state index contributed by atoms with van der Waals surface area (Å²) in [5.74, 6) is -1.40. The van der Waals surface area contributed by atoms with Crippen molar-refractivity contribution in [2.45, 2.75) is 19.3 Å². The van der Waals surface area contributed by atoms with Gasteiger partial charge in [-0.1, -0.05) is 12.1 Å². The molecule has 0 spiro atoms. The van der Waals surface area contributed by atoms with Gasteiger partial charge in [0, 0.05) is 12.1 Å². The number of aliphatic carboxylic acids is 1. The van der Waals surface area contributed by atoms with Crippen molar-refractivity contribution in [2.24, 2.45) is 0 Å². The molecular weight excluding hydrogens is 248 g/mol. The molecule has 6 nitrogen and oxygen atoms in total. The lowest BCUT2D eigenvalue weighted by Gasteiger charge is -2.17. The van der Waals surface area contributed by atoms with Gasteiger partial charge in [0.2, 0.25) is 11.8 Å². The third-order valence-corrected chi connectivity index (χ3v) is 2.87. The third-order valence-electron chi connectivity index (χ3n) is 2.87. The van der Waals surface area contributed by atoms with Crippen LogP contribution in [0.1, 0.15) is 17.5 Å². The topological polar surface area (TPSA) is 95.5 Å². The molecule has 100 valence electrons. The summed E-state index contributed by atoms with van der Waals surface area (Å²) >= 11 is 0. The van der Waals surface area contributed by atoms with Gasteiger partial charge >= 0.3 is 5.97 Å². The van der Waals surface area contributed by atoms with Gasteiger partial charge in [0.1, 0.15) is 6.54 Å². The molecule has 6 heteroatoms. The number of amides is 2. The number of carbonyl (C=O) groups excluding carboxylic acids is 2. The number of hydrogen-bond acceptors (Lipinski definition) is 3. The van der Waals surface area contributed by atoms with Crippen molar-refractivity contribution in [3.8, 4) is 0 Å². The van der Waals surface area contributed by atoms with Gasteiger partial charge in [0.25, 0.3) is 0 Å². The highest BCUT2D eigenvalue weighted by Gasteiger charge is 2.15. The molecule has 1 aromatic carbocycles. The van der Waals surface area contributed by atoms with Gasteiger partial charge in [-0.05, 0) is 23.6 Å². The number of anilines is 1. The van der Waals surface area contributed by atoms with Gasteiger partial charge in [0.15, 0.2) is 0 Å². The van der Waals surface area contributed by atoms with Crippen molar-refractivity contribution in [2.75, 3.05) is 11.9 Å². The molecule has 0 unspecified atom stereocenters. The third kappa shape index (κ3) is 3.54. The van der Waals surface area contributed by atoms with Crippen LogP contribution in [0.15, 0.2) is 18.2 Å². The fourth-order valence-electron chi connectivity index (χ4n) is 1.97. The van der Waals surface area contributed by atoms with Crippen molar-refractivity contribution in [3.63, 3.8) is 0 Å². The SMILES string of the molecule is O=C(O)CNC(=O)Cc1ccc2c(c1)CCC(=O)N2. The number of aryl methyl sites for hydroxylation is 1. The maximum Gasteiger partial charge on any atom is 0.322 e. The molecule has 0 aliphatic carbocycles. The van der Waals surface area contributed by atoms with E-state index in [0.717, 1.165) is 16.8 Å². The maximum atomic E-state index is 11.5. The summed E-state index contributed by atoms with van der Waals surface area (Å²) in [4.78, 5) is 33.0. The van der Waals surface area contributed by atoms with Crippen LogP contribution in [-0.2, 0) is 27.2 Å². The predicted molar refractivity (Wildman–Crippen MR) is 67.7 cm³/mol. The fraction of sp³-hybridized carbons (Fsp3) is 0.308. The van der Waals surface area contributed by atoms with Crippen LogP contribution < -0.4 is 10.6 Å². The second kappa shape index (κ2) is 5.51. The normalized spacial score (nSPS) is 13.4. The van der Waals surface area contributed by atoms with Crippen LogP contribution in [0.4, 0.5) is 5.69 Å². The number of rotatable bonds is 4. The van der Waals surface area contributed by atoms with Gasteiger partial charge < -0.3 is 15.7 Å². The highest BCUT2D eigenvalue weighted by molar-refractivity contribution is 5.94. The molecule has 0 atom stereocenters. The molecular formula is C13H14N2O4. The van der Waals surface area contributed by atoms with Gasteiger partial charge in [0.05, 0.1) is 6.42 Å². The standard InChI is InChI=1S/C13H14N2O4/c16-11-4-2-9-5-8(1-3-10(9)15-11)6-12(17)14-7-13(18)19/h1,3,5H,2,4,6-7H2,(H,14,17)(H,15,16)(H,18,19). The Morgan fingerprint density at radius 2 is 2.11 bits per heavy atom. The number of nitrogens with one attached hydrogen (secondary N) is 2. The molecule has 0 bridgehead atoms. The van der Waals surface area contributed by atoms with Crippen LogP contribution in [0.5, 0.6) is 0 Å². The Labute approximate surface area is 109 Å². The minimum atomic E-state index is -1.07. The lowest BCUT2D eigenvalue weighted by atomic mass is 9.99. The van der Waals surface area contributed by atoms with E-state index in [1.807, 2.05) is 6.07 Å². The lowest BCUT2D eigenvalue weighted by molar-refractivity contribution is -0.137. The van der Waals surface area contributed by atoms with Crippen molar-refractivity contribution in [3.05, 3.63) is 29.3 Å². The average molecular weight is 262 g/mol. The van der Waals surface area contributed by atoms with E-state index in [2.05, 4.69) is 10.6 Å². The number of fused-ring (bicyclic) bond motifs is 1. The number of hydrogen-bond donors (Lipinski definition) is 3. The molecule has 2 rings (SSSR count). The minimum absolute atomic E-state index is 0.000508. The maximum absolute atomic E-state index is 11.5. The summed E-state index contributed by atoms with van der Waals surface area (Å²) in [5.41, 5.74) is 2.59. The van der Waals surface area contributed by atoms with Crippen LogP contribution in [-0.4, -0.2) is 29.4 Å². The molecule has 19 heavy (non-hydrogen) atoms. The van der Waals surface area contributed by atoms with E-state index in [1.165, 1.54) is 0 Å². The van der Waals surface area contributed by atoms with E-state index in [9.17, 15) is 14.4 Å². The second-order valence-corrected chi connectivity index (χ2v) is 4.39. The zero-order valence-electron chi connectivity index (χ0n) is 10.2. The van der Waals surface area contributed by atoms with Crippen LogP contribution in [0, 0.1) is 0 Å². The Morgan fingerprint density at radius 1 is 1.32 bits per heavy atom. The Bertz CT molecular complexity index is 539. The molecule has 1 aliphatic heterocycles. The molecule has 0 saturated heterocycles. The quantitative estimate of drug-likeness (QED) is 0.728. The van der Waals surface area contributed by atoms with Crippen molar-refractivity contribution in [1.82, 2.24) is 5.32 Å². The van der Waals surface area contributed by atoms with Crippen molar-refractivity contribution >= 4 is 23.5 Å². The van der Waals surface area contributed by atoms with Crippen LogP contribution in [0.3, 0.4) is 0 Å². The Kier molecular flexibility index (Phi) is 3.79.